The monoisotopic (exact) mass is 134 g/mol. The third-order valence-electron chi connectivity index (χ3n) is 1.98. The Balaban J connectivity index is 2.54. The van der Waals surface area contributed by atoms with Gasteiger partial charge in [0.2, 0.25) is 0 Å². The summed E-state index contributed by atoms with van der Waals surface area (Å²) >= 11 is 0. The first-order chi connectivity index (χ1) is 4.86. The zero-order valence-corrected chi connectivity index (χ0v) is 6.51. The van der Waals surface area contributed by atoms with E-state index in [0.717, 1.165) is 5.92 Å². The molecule has 1 aliphatic rings. The second kappa shape index (κ2) is 3.40. The van der Waals surface area contributed by atoms with Crippen LogP contribution in [0.3, 0.4) is 0 Å². The smallest absolute Gasteiger partial charge is 0.0198 e. The zero-order valence-electron chi connectivity index (χ0n) is 6.51. The lowest BCUT2D eigenvalue weighted by Gasteiger charge is -2.11. The Morgan fingerprint density at radius 1 is 1.80 bits per heavy atom. The molecule has 0 heteroatoms. The molecule has 0 saturated carbocycles. The average molecular weight is 134 g/mol. The molecule has 1 aliphatic carbocycles. The Kier molecular flexibility index (Phi) is 2.49. The van der Waals surface area contributed by atoms with Crippen molar-refractivity contribution in [2.75, 3.05) is 0 Å². The molecule has 1 rings (SSSR count). The summed E-state index contributed by atoms with van der Waals surface area (Å²) in [5.41, 5.74) is 1.27. The molecule has 0 spiro atoms. The van der Waals surface area contributed by atoms with Gasteiger partial charge in [-0.1, -0.05) is 37.8 Å². The highest BCUT2D eigenvalue weighted by Crippen LogP contribution is 2.18. The fraction of sp³-hybridized carbons (Fsp3) is 0.400. The van der Waals surface area contributed by atoms with E-state index in [4.69, 9.17) is 0 Å². The summed E-state index contributed by atoms with van der Waals surface area (Å²) in [5.74, 6) is 0.767. The van der Waals surface area contributed by atoms with Crippen LogP contribution in [0, 0.1) is 5.92 Å². The van der Waals surface area contributed by atoms with E-state index in [0.29, 0.717) is 0 Å². The normalized spacial score (nSPS) is 24.1. The van der Waals surface area contributed by atoms with E-state index in [2.05, 4.69) is 31.7 Å². The highest BCUT2D eigenvalue weighted by atomic mass is 14.1. The molecular weight excluding hydrogens is 120 g/mol. The van der Waals surface area contributed by atoms with Crippen LogP contribution >= 0.6 is 0 Å². The van der Waals surface area contributed by atoms with E-state index in [1.54, 1.807) is 0 Å². The van der Waals surface area contributed by atoms with Crippen molar-refractivity contribution in [2.45, 2.75) is 19.8 Å². The molecule has 0 amide bonds. The van der Waals surface area contributed by atoms with Crippen LogP contribution in [0.1, 0.15) is 19.8 Å². The molecule has 0 aromatic carbocycles. The van der Waals surface area contributed by atoms with Gasteiger partial charge >= 0.3 is 0 Å². The first-order valence-electron chi connectivity index (χ1n) is 3.87. The van der Waals surface area contributed by atoms with E-state index < -0.39 is 0 Å². The van der Waals surface area contributed by atoms with E-state index in [-0.39, 0.29) is 0 Å². The minimum Gasteiger partial charge on any atom is -0.0985 e. The Hall–Kier alpha value is -0.780. The highest BCUT2D eigenvalue weighted by Gasteiger charge is 2.03. The van der Waals surface area contributed by atoms with Gasteiger partial charge in [-0.05, 0) is 24.3 Å². The van der Waals surface area contributed by atoms with Crippen LogP contribution in [0.4, 0.5) is 0 Å². The van der Waals surface area contributed by atoms with Crippen molar-refractivity contribution in [3.8, 4) is 0 Å². The van der Waals surface area contributed by atoms with E-state index in [1.165, 1.54) is 18.4 Å². The fourth-order valence-corrected chi connectivity index (χ4v) is 1.14. The zero-order chi connectivity index (χ0) is 7.40. The van der Waals surface area contributed by atoms with Gasteiger partial charge in [0.25, 0.3) is 0 Å². The Labute approximate surface area is 62.9 Å². The lowest BCUT2D eigenvalue weighted by molar-refractivity contribution is 0.631. The molecule has 0 aliphatic heterocycles. The van der Waals surface area contributed by atoms with Crippen molar-refractivity contribution in [1.29, 1.82) is 0 Å². The van der Waals surface area contributed by atoms with Gasteiger partial charge in [0.05, 0.1) is 0 Å². The largest absolute Gasteiger partial charge is 0.0985 e. The van der Waals surface area contributed by atoms with Gasteiger partial charge in [-0.3, -0.25) is 0 Å². The minimum atomic E-state index is 0.767. The number of allylic oxidation sites excluding steroid dienone is 5. The first kappa shape index (κ1) is 7.33. The third kappa shape index (κ3) is 1.60. The predicted octanol–water partition coefficient (Wildman–Crippen LogP) is 3.08. The van der Waals surface area contributed by atoms with Crippen LogP contribution in [0.2, 0.25) is 0 Å². The quantitative estimate of drug-likeness (QED) is 0.544. The van der Waals surface area contributed by atoms with Crippen molar-refractivity contribution in [1.82, 2.24) is 0 Å². The summed E-state index contributed by atoms with van der Waals surface area (Å²) in [4.78, 5) is 0. The topological polar surface area (TPSA) is 0 Å². The Bertz CT molecular complexity index is 172. The predicted molar refractivity (Wildman–Crippen MR) is 45.8 cm³/mol. The second-order valence-corrected chi connectivity index (χ2v) is 2.67. The molecule has 0 saturated heterocycles. The molecule has 0 N–H and O–H groups in total. The molecule has 0 heterocycles. The van der Waals surface area contributed by atoms with Crippen LogP contribution in [-0.4, -0.2) is 0 Å². The summed E-state index contributed by atoms with van der Waals surface area (Å²) in [7, 11) is 0. The van der Waals surface area contributed by atoms with Gasteiger partial charge in [0, 0.05) is 0 Å². The summed E-state index contributed by atoms with van der Waals surface area (Å²) in [6.07, 6.45) is 11.0. The SMILES string of the molecule is C=CC1=CCC(CC)C=C1. The maximum atomic E-state index is 3.72. The van der Waals surface area contributed by atoms with Crippen LogP contribution in [0.25, 0.3) is 0 Å². The second-order valence-electron chi connectivity index (χ2n) is 2.67. The van der Waals surface area contributed by atoms with Gasteiger partial charge in [-0.2, -0.15) is 0 Å². The molecule has 0 radical (unpaired) electrons. The molecule has 1 unspecified atom stereocenters. The highest BCUT2D eigenvalue weighted by molar-refractivity contribution is 5.32. The minimum absolute atomic E-state index is 0.767. The number of rotatable bonds is 2. The van der Waals surface area contributed by atoms with Gasteiger partial charge in [0.1, 0.15) is 0 Å². The summed E-state index contributed by atoms with van der Waals surface area (Å²) in [5, 5.41) is 0. The summed E-state index contributed by atoms with van der Waals surface area (Å²) < 4.78 is 0. The van der Waals surface area contributed by atoms with Crippen molar-refractivity contribution < 1.29 is 0 Å². The van der Waals surface area contributed by atoms with Gasteiger partial charge < -0.3 is 0 Å². The molecule has 54 valence electrons. The maximum Gasteiger partial charge on any atom is -0.0198 e. The molecular formula is C10H14. The standard InChI is InChI=1S/C10H14/c1-3-9-5-7-10(4-2)8-6-9/h3,5-7,10H,1,4,8H2,2H3. The molecule has 1 atom stereocenters. The fourth-order valence-electron chi connectivity index (χ4n) is 1.14. The summed E-state index contributed by atoms with van der Waals surface area (Å²) in [6.45, 7) is 5.94. The average Bonchev–Trinajstić information content (AvgIpc) is 2.05. The molecule has 0 bridgehead atoms. The van der Waals surface area contributed by atoms with Gasteiger partial charge in [-0.15, -0.1) is 0 Å². The molecule has 10 heavy (non-hydrogen) atoms. The number of hydrogen-bond acceptors (Lipinski definition) is 0. The van der Waals surface area contributed by atoms with E-state index >= 15 is 0 Å². The lowest BCUT2D eigenvalue weighted by atomic mass is 9.95. The first-order valence-corrected chi connectivity index (χ1v) is 3.87. The van der Waals surface area contributed by atoms with E-state index in [9.17, 15) is 0 Å². The molecule has 0 fully saturated rings. The molecule has 0 aromatic rings. The van der Waals surface area contributed by atoms with Crippen molar-refractivity contribution in [3.63, 3.8) is 0 Å². The van der Waals surface area contributed by atoms with Crippen molar-refractivity contribution in [2.24, 2.45) is 5.92 Å². The molecule has 0 nitrogen and oxygen atoms in total. The van der Waals surface area contributed by atoms with Crippen LogP contribution in [-0.2, 0) is 0 Å². The molecule has 0 aromatic heterocycles. The van der Waals surface area contributed by atoms with Crippen molar-refractivity contribution >= 4 is 0 Å². The van der Waals surface area contributed by atoms with Gasteiger partial charge in [0.15, 0.2) is 0 Å². The lowest BCUT2D eigenvalue weighted by Crippen LogP contribution is -1.96. The van der Waals surface area contributed by atoms with Crippen LogP contribution in [0.5, 0.6) is 0 Å². The van der Waals surface area contributed by atoms with Gasteiger partial charge in [-0.25, -0.2) is 0 Å². The van der Waals surface area contributed by atoms with Crippen LogP contribution in [0.15, 0.2) is 36.5 Å². The number of hydrogen-bond donors (Lipinski definition) is 0. The third-order valence-corrected chi connectivity index (χ3v) is 1.98. The Morgan fingerprint density at radius 2 is 2.60 bits per heavy atom. The van der Waals surface area contributed by atoms with Crippen LogP contribution < -0.4 is 0 Å². The maximum absolute atomic E-state index is 3.72. The van der Waals surface area contributed by atoms with Crippen molar-refractivity contribution in [3.05, 3.63) is 36.5 Å². The van der Waals surface area contributed by atoms with E-state index in [1.807, 2.05) is 6.08 Å². The Morgan fingerprint density at radius 3 is 3.00 bits per heavy atom. The summed E-state index contributed by atoms with van der Waals surface area (Å²) in [6, 6.07) is 0.